The molecule has 1 aliphatic heterocycles. The van der Waals surface area contributed by atoms with E-state index in [1.165, 1.54) is 11.1 Å². The lowest BCUT2D eigenvalue weighted by atomic mass is 9.97. The monoisotopic (exact) mass is 451 g/mol. The number of oxazole rings is 1. The van der Waals surface area contributed by atoms with Crippen LogP contribution in [0.4, 0.5) is 0 Å². The number of hydrogen-bond acceptors (Lipinski definition) is 4. The Bertz CT molecular complexity index is 1060. The number of rotatable bonds is 7. The Balaban J connectivity index is 1.31. The molecule has 6 heteroatoms. The molecule has 1 saturated heterocycles. The van der Waals surface area contributed by atoms with E-state index in [1.54, 1.807) is 0 Å². The maximum absolute atomic E-state index is 12.7. The highest BCUT2D eigenvalue weighted by atomic mass is 35.5. The molecular weight excluding hydrogens is 422 g/mol. The van der Waals surface area contributed by atoms with Crippen molar-refractivity contribution >= 4 is 17.5 Å². The second-order valence-electron chi connectivity index (χ2n) is 8.63. The van der Waals surface area contributed by atoms with Crippen LogP contribution < -0.4 is 5.32 Å². The molecule has 2 aromatic carbocycles. The fourth-order valence-corrected chi connectivity index (χ4v) is 4.36. The average Bonchev–Trinajstić information content (AvgIpc) is 3.15. The van der Waals surface area contributed by atoms with E-state index in [0.717, 1.165) is 49.4 Å². The van der Waals surface area contributed by atoms with Crippen molar-refractivity contribution in [1.29, 1.82) is 0 Å². The number of amides is 1. The molecule has 4 rings (SSSR count). The summed E-state index contributed by atoms with van der Waals surface area (Å²) in [5.74, 6) is 1.56. The third-order valence-corrected chi connectivity index (χ3v) is 6.28. The normalized spacial score (nSPS) is 16.8. The van der Waals surface area contributed by atoms with E-state index < -0.39 is 0 Å². The first-order chi connectivity index (χ1) is 15.5. The van der Waals surface area contributed by atoms with Crippen LogP contribution in [0.15, 0.2) is 52.9 Å². The SMILES string of the molecule is Cc1ccc(CCNC(=O)[C@H]2CCCN(Cc3nc(-c4cccc(Cl)c4)oc3C)C2)cc1. The number of carbonyl (C=O) groups excluding carboxylic acids is 1. The van der Waals surface area contributed by atoms with E-state index in [2.05, 4.69) is 41.4 Å². The van der Waals surface area contributed by atoms with Crippen molar-refractivity contribution in [3.8, 4) is 11.5 Å². The first kappa shape index (κ1) is 22.6. The molecule has 0 spiro atoms. The third kappa shape index (κ3) is 5.78. The topological polar surface area (TPSA) is 58.4 Å². The molecule has 0 saturated carbocycles. The average molecular weight is 452 g/mol. The van der Waals surface area contributed by atoms with Gasteiger partial charge in [0.15, 0.2) is 0 Å². The maximum atomic E-state index is 12.7. The van der Waals surface area contributed by atoms with Crippen molar-refractivity contribution < 1.29 is 9.21 Å². The minimum absolute atomic E-state index is 0.0152. The van der Waals surface area contributed by atoms with E-state index >= 15 is 0 Å². The molecule has 2 heterocycles. The van der Waals surface area contributed by atoms with Gasteiger partial charge in [0.05, 0.1) is 11.6 Å². The fourth-order valence-electron chi connectivity index (χ4n) is 4.17. The van der Waals surface area contributed by atoms with Crippen LogP contribution in [0.3, 0.4) is 0 Å². The predicted molar refractivity (Wildman–Crippen MR) is 128 cm³/mol. The highest BCUT2D eigenvalue weighted by molar-refractivity contribution is 6.30. The molecule has 1 fully saturated rings. The highest BCUT2D eigenvalue weighted by Crippen LogP contribution is 2.26. The Labute approximate surface area is 194 Å². The Morgan fingerprint density at radius 2 is 2.03 bits per heavy atom. The van der Waals surface area contributed by atoms with Crippen LogP contribution in [-0.4, -0.2) is 35.4 Å². The first-order valence-corrected chi connectivity index (χ1v) is 11.6. The van der Waals surface area contributed by atoms with Gasteiger partial charge in [0.25, 0.3) is 0 Å². The lowest BCUT2D eigenvalue weighted by molar-refractivity contribution is -0.126. The Morgan fingerprint density at radius 3 is 2.81 bits per heavy atom. The lowest BCUT2D eigenvalue weighted by Gasteiger charge is -2.31. The minimum Gasteiger partial charge on any atom is -0.441 e. The van der Waals surface area contributed by atoms with Gasteiger partial charge in [-0.15, -0.1) is 0 Å². The maximum Gasteiger partial charge on any atom is 0.226 e. The zero-order chi connectivity index (χ0) is 22.5. The summed E-state index contributed by atoms with van der Waals surface area (Å²) in [4.78, 5) is 19.8. The second-order valence-corrected chi connectivity index (χ2v) is 9.07. The summed E-state index contributed by atoms with van der Waals surface area (Å²) in [5, 5.41) is 3.79. The standard InChI is InChI=1S/C26H30ClN3O2/c1-18-8-10-20(11-9-18)12-13-28-25(31)22-6-4-14-30(16-22)17-24-19(2)32-26(29-24)21-5-3-7-23(27)15-21/h3,5,7-11,15,22H,4,6,12-14,16-17H2,1-2H3,(H,28,31)/t22-/m0/s1. The van der Waals surface area contributed by atoms with Gasteiger partial charge in [0, 0.05) is 30.2 Å². The quantitative estimate of drug-likeness (QED) is 0.537. The number of benzene rings is 2. The van der Waals surface area contributed by atoms with Gasteiger partial charge in [0.2, 0.25) is 11.8 Å². The van der Waals surface area contributed by atoms with Gasteiger partial charge in [0.1, 0.15) is 5.76 Å². The largest absolute Gasteiger partial charge is 0.441 e. The molecule has 1 aliphatic rings. The zero-order valence-electron chi connectivity index (χ0n) is 18.7. The number of aromatic nitrogens is 1. The molecule has 5 nitrogen and oxygen atoms in total. The Kier molecular flexibility index (Phi) is 7.28. The predicted octanol–water partition coefficient (Wildman–Crippen LogP) is 5.18. The summed E-state index contributed by atoms with van der Waals surface area (Å²) in [7, 11) is 0. The fraction of sp³-hybridized carbons (Fsp3) is 0.385. The van der Waals surface area contributed by atoms with E-state index in [1.807, 2.05) is 31.2 Å². The third-order valence-electron chi connectivity index (χ3n) is 6.05. The van der Waals surface area contributed by atoms with Crippen LogP contribution in [0, 0.1) is 19.8 Å². The molecule has 0 unspecified atom stereocenters. The number of nitrogens with one attached hydrogen (secondary N) is 1. The minimum atomic E-state index is 0.0152. The van der Waals surface area contributed by atoms with Gasteiger partial charge in [-0.2, -0.15) is 0 Å². The van der Waals surface area contributed by atoms with Gasteiger partial charge >= 0.3 is 0 Å². The molecule has 32 heavy (non-hydrogen) atoms. The van der Waals surface area contributed by atoms with E-state index in [4.69, 9.17) is 21.0 Å². The summed E-state index contributed by atoms with van der Waals surface area (Å²) in [5.41, 5.74) is 4.29. The zero-order valence-corrected chi connectivity index (χ0v) is 19.5. The molecule has 0 bridgehead atoms. The van der Waals surface area contributed by atoms with Gasteiger partial charge in [-0.3, -0.25) is 9.69 Å². The van der Waals surface area contributed by atoms with Gasteiger partial charge in [-0.05, 0) is 63.4 Å². The first-order valence-electron chi connectivity index (χ1n) is 11.3. The molecule has 1 aromatic heterocycles. The molecular formula is C26H30ClN3O2. The van der Waals surface area contributed by atoms with Gasteiger partial charge in [-0.25, -0.2) is 4.98 Å². The summed E-state index contributed by atoms with van der Waals surface area (Å²) < 4.78 is 5.90. The van der Waals surface area contributed by atoms with Gasteiger partial charge in [-0.1, -0.05) is 47.5 Å². The number of halogens is 1. The Hall–Kier alpha value is -2.63. The van der Waals surface area contributed by atoms with Crippen molar-refractivity contribution in [2.45, 2.75) is 39.7 Å². The number of piperidine rings is 1. The number of carbonyl (C=O) groups is 1. The number of likely N-dealkylation sites (tertiary alicyclic amines) is 1. The number of aryl methyl sites for hydroxylation is 2. The molecule has 1 amide bonds. The molecule has 0 aliphatic carbocycles. The Morgan fingerprint density at radius 1 is 1.22 bits per heavy atom. The van der Waals surface area contributed by atoms with E-state index in [-0.39, 0.29) is 11.8 Å². The van der Waals surface area contributed by atoms with Gasteiger partial charge < -0.3 is 9.73 Å². The summed E-state index contributed by atoms with van der Waals surface area (Å²) in [6.07, 6.45) is 2.79. The van der Waals surface area contributed by atoms with Crippen LogP contribution in [0.5, 0.6) is 0 Å². The number of hydrogen-bond donors (Lipinski definition) is 1. The van der Waals surface area contributed by atoms with Crippen molar-refractivity contribution in [3.63, 3.8) is 0 Å². The van der Waals surface area contributed by atoms with Crippen molar-refractivity contribution in [3.05, 3.63) is 76.1 Å². The van der Waals surface area contributed by atoms with Crippen molar-refractivity contribution in [2.75, 3.05) is 19.6 Å². The molecule has 3 aromatic rings. The molecule has 1 atom stereocenters. The van der Waals surface area contributed by atoms with Crippen LogP contribution in [0.1, 0.15) is 35.4 Å². The lowest BCUT2D eigenvalue weighted by Crippen LogP contribution is -2.43. The van der Waals surface area contributed by atoms with E-state index in [9.17, 15) is 4.79 Å². The van der Waals surface area contributed by atoms with Crippen molar-refractivity contribution in [1.82, 2.24) is 15.2 Å². The van der Waals surface area contributed by atoms with Crippen LogP contribution >= 0.6 is 11.6 Å². The second kappa shape index (κ2) is 10.3. The summed E-state index contributed by atoms with van der Waals surface area (Å²) in [6, 6.07) is 16.0. The molecule has 1 N–H and O–H groups in total. The smallest absolute Gasteiger partial charge is 0.226 e. The van der Waals surface area contributed by atoms with Crippen LogP contribution in [-0.2, 0) is 17.8 Å². The van der Waals surface area contributed by atoms with E-state index in [0.29, 0.717) is 24.0 Å². The summed E-state index contributed by atoms with van der Waals surface area (Å²) in [6.45, 7) is 7.09. The summed E-state index contributed by atoms with van der Waals surface area (Å²) >= 11 is 6.10. The highest BCUT2D eigenvalue weighted by Gasteiger charge is 2.26. The van der Waals surface area contributed by atoms with Crippen molar-refractivity contribution in [2.24, 2.45) is 5.92 Å². The molecule has 168 valence electrons. The van der Waals surface area contributed by atoms with Crippen LogP contribution in [0.2, 0.25) is 5.02 Å². The van der Waals surface area contributed by atoms with Crippen LogP contribution in [0.25, 0.3) is 11.5 Å². The number of nitrogens with zero attached hydrogens (tertiary/aromatic N) is 2. The molecule has 0 radical (unpaired) electrons.